The Hall–Kier alpha value is -9.76. The number of benzene rings is 12. The van der Waals surface area contributed by atoms with Gasteiger partial charge in [-0.05, 0) is 127 Å². The van der Waals surface area contributed by atoms with Gasteiger partial charge in [0.1, 0.15) is 0 Å². The molecule has 352 valence electrons. The van der Waals surface area contributed by atoms with E-state index >= 15 is 0 Å². The summed E-state index contributed by atoms with van der Waals surface area (Å²) < 4.78 is 2.50. The molecule has 0 radical (unpaired) electrons. The largest absolute Gasteiger partial charge is 0.310 e. The Morgan fingerprint density at radius 3 is 1.48 bits per heavy atom. The first-order valence-corrected chi connectivity index (χ1v) is 25.9. The fourth-order valence-electron chi connectivity index (χ4n) is 12.3. The number of anilines is 3. The molecule has 0 saturated heterocycles. The predicted octanol–water partition coefficient (Wildman–Crippen LogP) is 19.3. The highest BCUT2D eigenvalue weighted by atomic mass is 15.1. The number of hydrogen-bond donors (Lipinski definition) is 0. The molecule has 0 spiro atoms. The minimum Gasteiger partial charge on any atom is -0.310 e. The van der Waals surface area contributed by atoms with Gasteiger partial charge in [-0.25, -0.2) is 0 Å². The second-order valence-electron chi connectivity index (χ2n) is 19.5. The molecule has 14 rings (SSSR count). The molecule has 1 heterocycles. The molecule has 0 N–H and O–H groups in total. The molecular weight excluding hydrogens is 905 g/mol. The maximum absolute atomic E-state index is 2.50. The standard InChI is InChI=1S/C73H50N2/c1-6-24-51(25-7-1)60-46-43-57(49-67(60)52-26-8-2-9-27-52)74(56-32-14-5-15-33-56)70-40-22-19-37-64(70)61-35-17-16-34-59(61)53-42-45-66-65-38-20-23-41-71(65)75(72(66)48-53)58-44-47-63-62-36-18-21-39-68(62)73(69(63)50-58,54-28-10-3-11-29-54)55-30-12-4-13-31-55/h1-50H. The zero-order valence-corrected chi connectivity index (χ0v) is 41.3. The summed E-state index contributed by atoms with van der Waals surface area (Å²) in [5.41, 5.74) is 23.2. The Bertz CT molecular complexity index is 4180. The third-order valence-corrected chi connectivity index (χ3v) is 15.5. The van der Waals surface area contributed by atoms with Crippen LogP contribution >= 0.6 is 0 Å². The van der Waals surface area contributed by atoms with Crippen LogP contribution in [0.5, 0.6) is 0 Å². The monoisotopic (exact) mass is 954 g/mol. The van der Waals surface area contributed by atoms with Crippen LogP contribution < -0.4 is 4.90 Å². The van der Waals surface area contributed by atoms with Crippen molar-refractivity contribution in [3.8, 4) is 61.3 Å². The molecule has 0 aliphatic heterocycles. The second kappa shape index (κ2) is 18.4. The van der Waals surface area contributed by atoms with Gasteiger partial charge in [0.05, 0.1) is 22.1 Å². The molecule has 75 heavy (non-hydrogen) atoms. The van der Waals surface area contributed by atoms with E-state index in [4.69, 9.17) is 0 Å². The number of rotatable bonds is 10. The van der Waals surface area contributed by atoms with Gasteiger partial charge in [0.15, 0.2) is 0 Å². The van der Waals surface area contributed by atoms with Crippen molar-refractivity contribution >= 4 is 38.9 Å². The van der Waals surface area contributed by atoms with Gasteiger partial charge >= 0.3 is 0 Å². The minimum absolute atomic E-state index is 0.513. The van der Waals surface area contributed by atoms with Crippen molar-refractivity contribution in [2.75, 3.05) is 4.90 Å². The normalized spacial score (nSPS) is 12.4. The average Bonchev–Trinajstić information content (AvgIpc) is 4.04. The second-order valence-corrected chi connectivity index (χ2v) is 19.5. The summed E-state index contributed by atoms with van der Waals surface area (Å²) in [7, 11) is 0. The topological polar surface area (TPSA) is 8.17 Å². The third-order valence-electron chi connectivity index (χ3n) is 15.5. The molecule has 0 bridgehead atoms. The van der Waals surface area contributed by atoms with Crippen molar-refractivity contribution in [3.63, 3.8) is 0 Å². The molecule has 2 heteroatoms. The number of fused-ring (bicyclic) bond motifs is 6. The van der Waals surface area contributed by atoms with Crippen LogP contribution in [-0.4, -0.2) is 4.57 Å². The minimum atomic E-state index is -0.513. The SMILES string of the molecule is c1ccc(-c2ccc(N(c3ccccc3)c3ccccc3-c3ccccc3-c3ccc4c5ccccc5n(-c5ccc6c(c5)C(c5ccccc5)(c5ccccc5)c5ccccc5-6)c4c3)cc2-c2ccccc2)cc1. The fraction of sp³-hybridized carbons (Fsp3) is 0.0137. The molecule has 2 nitrogen and oxygen atoms in total. The van der Waals surface area contributed by atoms with Gasteiger partial charge in [0.2, 0.25) is 0 Å². The summed E-state index contributed by atoms with van der Waals surface area (Å²) in [6.45, 7) is 0. The van der Waals surface area contributed by atoms with E-state index in [0.717, 1.165) is 50.5 Å². The molecule has 0 saturated carbocycles. The molecule has 0 fully saturated rings. The average molecular weight is 955 g/mol. The summed E-state index contributed by atoms with van der Waals surface area (Å²) >= 11 is 0. The van der Waals surface area contributed by atoms with Crippen molar-refractivity contribution < 1.29 is 0 Å². The van der Waals surface area contributed by atoms with Crippen LogP contribution in [0.2, 0.25) is 0 Å². The molecule has 13 aromatic rings. The van der Waals surface area contributed by atoms with E-state index in [-0.39, 0.29) is 0 Å². The Morgan fingerprint density at radius 1 is 0.267 bits per heavy atom. The lowest BCUT2D eigenvalue weighted by Gasteiger charge is -2.34. The van der Waals surface area contributed by atoms with Crippen LogP contribution in [-0.2, 0) is 5.41 Å². The summed E-state index contributed by atoms with van der Waals surface area (Å²) in [4.78, 5) is 2.42. The van der Waals surface area contributed by atoms with Crippen LogP contribution in [0.1, 0.15) is 22.3 Å². The van der Waals surface area contributed by atoms with Gasteiger partial charge < -0.3 is 9.47 Å². The third kappa shape index (κ3) is 7.25. The van der Waals surface area contributed by atoms with Crippen LogP contribution in [0.3, 0.4) is 0 Å². The van der Waals surface area contributed by atoms with Crippen molar-refractivity contribution in [1.82, 2.24) is 4.57 Å². The quantitative estimate of drug-likeness (QED) is 0.133. The van der Waals surface area contributed by atoms with Gasteiger partial charge in [-0.3, -0.25) is 0 Å². The zero-order chi connectivity index (χ0) is 49.7. The number of aromatic nitrogens is 1. The van der Waals surface area contributed by atoms with Crippen LogP contribution in [0.15, 0.2) is 303 Å². The highest BCUT2D eigenvalue weighted by Crippen LogP contribution is 2.57. The summed E-state index contributed by atoms with van der Waals surface area (Å²) in [5, 5.41) is 2.45. The summed E-state index contributed by atoms with van der Waals surface area (Å²) in [5.74, 6) is 0. The van der Waals surface area contributed by atoms with Gasteiger partial charge in [0, 0.05) is 33.4 Å². The van der Waals surface area contributed by atoms with E-state index in [2.05, 4.69) is 313 Å². The van der Waals surface area contributed by atoms with E-state index in [1.165, 1.54) is 71.9 Å². The zero-order valence-electron chi connectivity index (χ0n) is 41.3. The Labute approximate surface area is 438 Å². The first kappa shape index (κ1) is 44.0. The van der Waals surface area contributed by atoms with Crippen LogP contribution in [0, 0.1) is 0 Å². The lowest BCUT2D eigenvalue weighted by molar-refractivity contribution is 0.767. The number of nitrogens with zero attached hydrogens (tertiary/aromatic N) is 2. The number of hydrogen-bond acceptors (Lipinski definition) is 1. The Morgan fingerprint density at radius 2 is 0.773 bits per heavy atom. The first-order valence-electron chi connectivity index (χ1n) is 25.9. The smallest absolute Gasteiger partial charge is 0.0714 e. The molecule has 0 unspecified atom stereocenters. The Kier molecular flexibility index (Phi) is 10.8. The van der Waals surface area contributed by atoms with Crippen molar-refractivity contribution in [2.24, 2.45) is 0 Å². The first-order chi connectivity index (χ1) is 37.2. The van der Waals surface area contributed by atoms with E-state index in [1.807, 2.05) is 0 Å². The number of para-hydroxylation sites is 3. The molecule has 0 atom stereocenters. The van der Waals surface area contributed by atoms with E-state index < -0.39 is 5.41 Å². The lowest BCUT2D eigenvalue weighted by Crippen LogP contribution is -2.28. The molecule has 12 aromatic carbocycles. The van der Waals surface area contributed by atoms with Crippen LogP contribution in [0.25, 0.3) is 83.1 Å². The van der Waals surface area contributed by atoms with Crippen molar-refractivity contribution in [3.05, 3.63) is 326 Å². The maximum atomic E-state index is 2.50. The van der Waals surface area contributed by atoms with Crippen molar-refractivity contribution in [2.45, 2.75) is 5.41 Å². The predicted molar refractivity (Wildman–Crippen MR) is 315 cm³/mol. The fourth-order valence-corrected chi connectivity index (χ4v) is 12.3. The summed E-state index contributed by atoms with van der Waals surface area (Å²) in [6.07, 6.45) is 0. The molecule has 1 aromatic heterocycles. The highest BCUT2D eigenvalue weighted by Gasteiger charge is 2.46. The lowest BCUT2D eigenvalue weighted by atomic mass is 9.67. The molecule has 1 aliphatic rings. The molecular formula is C73H50N2. The molecule has 0 amide bonds. The highest BCUT2D eigenvalue weighted by molar-refractivity contribution is 6.11. The maximum Gasteiger partial charge on any atom is 0.0714 e. The van der Waals surface area contributed by atoms with E-state index in [9.17, 15) is 0 Å². The summed E-state index contributed by atoms with van der Waals surface area (Å²) in [6, 6.07) is 111. The van der Waals surface area contributed by atoms with Gasteiger partial charge in [-0.2, -0.15) is 0 Å². The van der Waals surface area contributed by atoms with E-state index in [0.29, 0.717) is 0 Å². The van der Waals surface area contributed by atoms with Crippen molar-refractivity contribution in [1.29, 1.82) is 0 Å². The Balaban J connectivity index is 0.948. The molecule has 1 aliphatic carbocycles. The van der Waals surface area contributed by atoms with Gasteiger partial charge in [-0.15, -0.1) is 0 Å². The van der Waals surface area contributed by atoms with E-state index in [1.54, 1.807) is 0 Å². The van der Waals surface area contributed by atoms with Crippen LogP contribution in [0.4, 0.5) is 17.1 Å². The van der Waals surface area contributed by atoms with Gasteiger partial charge in [0.25, 0.3) is 0 Å². The van der Waals surface area contributed by atoms with Gasteiger partial charge in [-0.1, -0.05) is 249 Å².